The van der Waals surface area contributed by atoms with Crippen molar-refractivity contribution in [3.63, 3.8) is 0 Å². The number of aromatic hydroxyl groups is 1. The van der Waals surface area contributed by atoms with Crippen LogP contribution < -0.4 is 0 Å². The molecule has 1 N–H and O–H groups in total. The summed E-state index contributed by atoms with van der Waals surface area (Å²) in [5.41, 5.74) is 4.86. The van der Waals surface area contributed by atoms with Crippen LogP contribution in [0.3, 0.4) is 0 Å². The molecule has 0 spiro atoms. The van der Waals surface area contributed by atoms with E-state index in [1.165, 1.54) is 12.3 Å². The van der Waals surface area contributed by atoms with Gasteiger partial charge in [-0.2, -0.15) is 0 Å². The third kappa shape index (κ3) is 8.93. The normalized spacial score (nSPS) is 15.6. The molecule has 6 aromatic carbocycles. The summed E-state index contributed by atoms with van der Waals surface area (Å²) in [6.07, 6.45) is 1.52. The van der Waals surface area contributed by atoms with Crippen LogP contribution >= 0.6 is 0 Å². The van der Waals surface area contributed by atoms with E-state index in [0.717, 1.165) is 44.6 Å². The predicted molar refractivity (Wildman–Crippen MR) is 277 cm³/mol. The van der Waals surface area contributed by atoms with E-state index in [0.29, 0.717) is 33.5 Å². The molecule has 2 aromatic heterocycles. The lowest BCUT2D eigenvalue weighted by atomic mass is 9.78. The first-order chi connectivity index (χ1) is 35.2. The number of fused-ring (bicyclic) bond motifs is 1. The fraction of sp³-hybridized carbons (Fsp3) is 0.311. The third-order valence-electron chi connectivity index (χ3n) is 12.3. The highest BCUT2D eigenvalue weighted by molar-refractivity contribution is 5.97. The molecule has 0 aliphatic heterocycles. The summed E-state index contributed by atoms with van der Waals surface area (Å²) >= 11 is 0. The zero-order valence-corrected chi connectivity index (χ0v) is 39.5. The average molecular weight is 869 g/mol. The van der Waals surface area contributed by atoms with E-state index in [1.807, 2.05) is 88.4 Å². The standard InChI is InChI=1S/C61H67N3O/c1-37(2)49-32-43(40-19-16-15-17-20-40)33-50(38(3)4)56(49)64-54-22-18-21-48(55(54)63-58(64)51-35-47(60(9,10)11)36-52(57(51)65)61(12,13)14)44-29-45(31-46(30-44)59(6,7)8)53-34-42(27-28-62-53)41-25-23-39(5)24-26-41/h15-38,65H,1-14H3/i6D3,7D3,8D3,30D,31D. The Balaban J connectivity index is 1.60. The largest absolute Gasteiger partial charge is 0.507 e. The van der Waals surface area contributed by atoms with Crippen molar-refractivity contribution < 1.29 is 20.2 Å². The van der Waals surface area contributed by atoms with Crippen LogP contribution in [0.4, 0.5) is 0 Å². The Labute approximate surface area is 403 Å². The molecule has 65 heavy (non-hydrogen) atoms. The number of benzene rings is 6. The lowest BCUT2D eigenvalue weighted by Gasteiger charge is -2.28. The Bertz CT molecular complexity index is 3430. The molecular weight excluding hydrogens is 791 g/mol. The van der Waals surface area contributed by atoms with Crippen LogP contribution in [0.25, 0.3) is 72.7 Å². The number of para-hydroxylation sites is 1. The Morgan fingerprint density at radius 3 is 1.85 bits per heavy atom. The molecule has 0 unspecified atom stereocenters. The molecule has 0 radical (unpaired) electrons. The topological polar surface area (TPSA) is 50.9 Å². The van der Waals surface area contributed by atoms with Gasteiger partial charge in [-0.05, 0) is 134 Å². The molecule has 0 fully saturated rings. The molecule has 4 heteroatoms. The molecule has 332 valence electrons. The first kappa shape index (κ1) is 33.3. The second kappa shape index (κ2) is 16.9. The summed E-state index contributed by atoms with van der Waals surface area (Å²) < 4.78 is 102. The van der Waals surface area contributed by atoms with E-state index in [9.17, 15) is 7.85 Å². The van der Waals surface area contributed by atoms with E-state index in [4.69, 9.17) is 17.3 Å². The number of aryl methyl sites for hydroxylation is 1. The maximum Gasteiger partial charge on any atom is 0.149 e. The van der Waals surface area contributed by atoms with Gasteiger partial charge in [-0.1, -0.05) is 174 Å². The van der Waals surface area contributed by atoms with Gasteiger partial charge in [0, 0.05) is 35.2 Å². The van der Waals surface area contributed by atoms with E-state index in [-0.39, 0.29) is 45.4 Å². The zero-order chi connectivity index (χ0) is 56.0. The van der Waals surface area contributed by atoms with Gasteiger partial charge in [0.05, 0.1) is 30.7 Å². The minimum atomic E-state index is -3.80. The highest BCUT2D eigenvalue weighted by atomic mass is 16.3. The summed E-state index contributed by atoms with van der Waals surface area (Å²) in [5.74, 6) is 0.300. The van der Waals surface area contributed by atoms with Crippen molar-refractivity contribution >= 4 is 11.0 Å². The number of phenols is 1. The van der Waals surface area contributed by atoms with E-state index >= 15 is 0 Å². The Hall–Kier alpha value is -6.26. The third-order valence-corrected chi connectivity index (χ3v) is 12.3. The van der Waals surface area contributed by atoms with Crippen LogP contribution in [0.1, 0.15) is 150 Å². The highest BCUT2D eigenvalue weighted by Crippen LogP contribution is 2.47. The molecule has 0 saturated carbocycles. The van der Waals surface area contributed by atoms with E-state index < -0.39 is 49.0 Å². The van der Waals surface area contributed by atoms with Crippen molar-refractivity contribution in [2.24, 2.45) is 0 Å². The smallest absolute Gasteiger partial charge is 0.149 e. The maximum absolute atomic E-state index is 12.7. The van der Waals surface area contributed by atoms with Crippen LogP contribution in [-0.4, -0.2) is 19.6 Å². The van der Waals surface area contributed by atoms with Crippen molar-refractivity contribution in [3.05, 3.63) is 167 Å². The fourth-order valence-electron chi connectivity index (χ4n) is 8.64. The number of phenolic OH excluding ortho intramolecular Hbond substituents is 1. The summed E-state index contributed by atoms with van der Waals surface area (Å²) in [6.45, 7) is 11.5. The summed E-state index contributed by atoms with van der Waals surface area (Å²) in [7, 11) is 0. The average Bonchev–Trinajstić information content (AvgIpc) is 3.70. The van der Waals surface area contributed by atoms with Crippen LogP contribution in [0.5, 0.6) is 5.75 Å². The number of aromatic nitrogens is 3. The SMILES string of the molecule is [2H]c1c(-c2cc(-c3ccc(C)cc3)ccn2)cc(-c2cccc3c2nc(-c2cc(C(C)(C)C)cc(C(C)(C)C)c2O)n3-c2c(C(C)C)cc(-c3ccccc3)cc2C(C)C)c([2H])c1C(C([2H])([2H])[2H])(C([2H])([2H])[2H])C([2H])([2H])[2H]. The van der Waals surface area contributed by atoms with Crippen LogP contribution in [0, 0.1) is 6.92 Å². The number of rotatable bonds is 8. The van der Waals surface area contributed by atoms with Gasteiger partial charge in [0.25, 0.3) is 0 Å². The van der Waals surface area contributed by atoms with E-state index in [2.05, 4.69) is 82.3 Å². The second-order valence-corrected chi connectivity index (χ2v) is 20.2. The second-order valence-electron chi connectivity index (χ2n) is 20.2. The summed E-state index contributed by atoms with van der Waals surface area (Å²) in [6, 6.07) is 35.0. The number of pyridine rings is 1. The fourth-order valence-corrected chi connectivity index (χ4v) is 8.64. The molecule has 2 heterocycles. The molecule has 8 aromatic rings. The maximum atomic E-state index is 12.7. The van der Waals surface area contributed by atoms with Gasteiger partial charge in [0.2, 0.25) is 0 Å². The Morgan fingerprint density at radius 1 is 0.585 bits per heavy atom. The van der Waals surface area contributed by atoms with Gasteiger partial charge < -0.3 is 5.11 Å². The van der Waals surface area contributed by atoms with Gasteiger partial charge >= 0.3 is 0 Å². The lowest BCUT2D eigenvalue weighted by molar-refractivity contribution is 0.446. The Kier molecular flexibility index (Phi) is 8.67. The first-order valence-electron chi connectivity index (χ1n) is 28.0. The number of hydrogen-bond acceptors (Lipinski definition) is 3. The van der Waals surface area contributed by atoms with Gasteiger partial charge in [-0.25, -0.2) is 4.98 Å². The van der Waals surface area contributed by atoms with Crippen molar-refractivity contribution in [2.75, 3.05) is 0 Å². The quantitative estimate of drug-likeness (QED) is 0.166. The number of hydrogen-bond donors (Lipinski definition) is 1. The van der Waals surface area contributed by atoms with Crippen molar-refractivity contribution in [1.82, 2.24) is 14.5 Å². The predicted octanol–water partition coefficient (Wildman–Crippen LogP) is 16.9. The molecule has 0 aliphatic rings. The number of imidazole rings is 1. The molecule has 4 nitrogen and oxygen atoms in total. The lowest BCUT2D eigenvalue weighted by Crippen LogP contribution is -2.17. The minimum Gasteiger partial charge on any atom is -0.507 e. The highest BCUT2D eigenvalue weighted by Gasteiger charge is 2.31. The first-order valence-corrected chi connectivity index (χ1v) is 22.5. The van der Waals surface area contributed by atoms with Gasteiger partial charge in [0.15, 0.2) is 0 Å². The number of nitrogens with zero attached hydrogens (tertiary/aromatic N) is 3. The Morgan fingerprint density at radius 2 is 1.23 bits per heavy atom. The van der Waals surface area contributed by atoms with Crippen molar-refractivity contribution in [2.45, 2.75) is 125 Å². The monoisotopic (exact) mass is 869 g/mol. The van der Waals surface area contributed by atoms with Crippen molar-refractivity contribution in [3.8, 4) is 67.5 Å². The molecule has 0 aliphatic carbocycles. The van der Waals surface area contributed by atoms with Gasteiger partial charge in [0.1, 0.15) is 11.6 Å². The molecule has 0 amide bonds. The summed E-state index contributed by atoms with van der Waals surface area (Å²) in [5, 5.41) is 12.7. The van der Waals surface area contributed by atoms with Crippen LogP contribution in [-0.2, 0) is 16.2 Å². The van der Waals surface area contributed by atoms with Gasteiger partial charge in [-0.15, -0.1) is 0 Å². The molecule has 0 bridgehead atoms. The molecular formula is C61H67N3O. The van der Waals surface area contributed by atoms with E-state index in [1.54, 1.807) is 24.3 Å². The molecule has 8 rings (SSSR count). The molecule has 0 atom stereocenters. The zero-order valence-electron chi connectivity index (χ0n) is 50.5. The molecule has 0 saturated heterocycles. The van der Waals surface area contributed by atoms with Crippen LogP contribution in [0.2, 0.25) is 0 Å². The van der Waals surface area contributed by atoms with Crippen molar-refractivity contribution in [1.29, 1.82) is 0 Å². The summed E-state index contributed by atoms with van der Waals surface area (Å²) in [4.78, 5) is 10.2. The minimum absolute atomic E-state index is 0.0263. The van der Waals surface area contributed by atoms with Crippen LogP contribution in [0.15, 0.2) is 134 Å². The van der Waals surface area contributed by atoms with Gasteiger partial charge in [-0.3, -0.25) is 9.55 Å².